The SMILES string of the molecule is CC(C)[C@H](NC(=O)c1ccco1)C(=O)OCC(=O)Nc1sccc1C(N)=O. The summed E-state index contributed by atoms with van der Waals surface area (Å²) >= 11 is 1.12. The number of thiophene rings is 1. The summed E-state index contributed by atoms with van der Waals surface area (Å²) in [4.78, 5) is 47.5. The Labute approximate surface area is 158 Å². The molecule has 0 saturated carbocycles. The topological polar surface area (TPSA) is 141 Å². The van der Waals surface area contributed by atoms with Crippen LogP contribution in [0.3, 0.4) is 0 Å². The molecule has 0 unspecified atom stereocenters. The summed E-state index contributed by atoms with van der Waals surface area (Å²) in [6, 6.07) is 3.53. The molecule has 0 aromatic carbocycles. The molecule has 1 atom stereocenters. The summed E-state index contributed by atoms with van der Waals surface area (Å²) < 4.78 is 9.97. The van der Waals surface area contributed by atoms with Crippen LogP contribution in [0.25, 0.3) is 0 Å². The number of furan rings is 1. The molecule has 2 aromatic rings. The van der Waals surface area contributed by atoms with Gasteiger partial charge in [-0.3, -0.25) is 14.4 Å². The average Bonchev–Trinajstić information content (AvgIpc) is 3.28. The van der Waals surface area contributed by atoms with Gasteiger partial charge in [0, 0.05) is 0 Å². The largest absolute Gasteiger partial charge is 0.459 e. The standard InChI is InChI=1S/C17H19N3O6S/c1-9(2)13(20-15(23)11-4-3-6-25-11)17(24)26-8-12(21)19-16-10(14(18)22)5-7-27-16/h3-7,9,13H,8H2,1-2H3,(H2,18,22)(H,19,21)(H,20,23)/t13-/m0/s1. The number of esters is 1. The van der Waals surface area contributed by atoms with Gasteiger partial charge in [0.05, 0.1) is 11.8 Å². The zero-order chi connectivity index (χ0) is 20.0. The van der Waals surface area contributed by atoms with Gasteiger partial charge in [-0.15, -0.1) is 11.3 Å². The van der Waals surface area contributed by atoms with Crippen molar-refractivity contribution in [3.8, 4) is 0 Å². The highest BCUT2D eigenvalue weighted by atomic mass is 32.1. The molecular formula is C17H19N3O6S. The van der Waals surface area contributed by atoms with Crippen molar-refractivity contribution >= 4 is 40.0 Å². The van der Waals surface area contributed by atoms with E-state index in [-0.39, 0.29) is 22.2 Å². The van der Waals surface area contributed by atoms with Crippen molar-refractivity contribution in [1.29, 1.82) is 0 Å². The second-order valence-electron chi connectivity index (χ2n) is 5.86. The lowest BCUT2D eigenvalue weighted by Gasteiger charge is -2.20. The molecule has 0 aliphatic heterocycles. The van der Waals surface area contributed by atoms with Gasteiger partial charge in [0.25, 0.3) is 17.7 Å². The number of anilines is 1. The molecule has 0 aliphatic carbocycles. The van der Waals surface area contributed by atoms with Crippen molar-refractivity contribution in [3.05, 3.63) is 41.2 Å². The Kier molecular flexibility index (Phi) is 6.72. The fraction of sp³-hybridized carbons (Fsp3) is 0.294. The Bertz CT molecular complexity index is 828. The number of nitrogens with two attached hydrogens (primary N) is 1. The van der Waals surface area contributed by atoms with E-state index in [1.807, 2.05) is 0 Å². The molecule has 27 heavy (non-hydrogen) atoms. The van der Waals surface area contributed by atoms with Crippen LogP contribution in [0.4, 0.5) is 5.00 Å². The van der Waals surface area contributed by atoms with Crippen molar-refractivity contribution in [2.24, 2.45) is 11.7 Å². The lowest BCUT2D eigenvalue weighted by Crippen LogP contribution is -2.45. The van der Waals surface area contributed by atoms with Crippen LogP contribution in [-0.2, 0) is 14.3 Å². The van der Waals surface area contributed by atoms with E-state index in [4.69, 9.17) is 14.9 Å². The third-order valence-corrected chi connectivity index (χ3v) is 4.31. The van der Waals surface area contributed by atoms with Gasteiger partial charge in [0.15, 0.2) is 12.4 Å². The number of primary amides is 1. The van der Waals surface area contributed by atoms with Crippen molar-refractivity contribution in [1.82, 2.24) is 5.32 Å². The Morgan fingerprint density at radius 1 is 1.26 bits per heavy atom. The monoisotopic (exact) mass is 393 g/mol. The Hall–Kier alpha value is -3.14. The average molecular weight is 393 g/mol. The van der Waals surface area contributed by atoms with E-state index in [2.05, 4.69) is 10.6 Å². The van der Waals surface area contributed by atoms with E-state index in [9.17, 15) is 19.2 Å². The van der Waals surface area contributed by atoms with E-state index in [1.165, 1.54) is 18.4 Å². The first-order valence-corrected chi connectivity index (χ1v) is 8.85. The van der Waals surface area contributed by atoms with Gasteiger partial charge in [0.2, 0.25) is 0 Å². The fourth-order valence-corrected chi connectivity index (χ4v) is 2.92. The minimum absolute atomic E-state index is 0.0582. The number of ether oxygens (including phenoxy) is 1. The first-order chi connectivity index (χ1) is 12.8. The molecular weight excluding hydrogens is 374 g/mol. The zero-order valence-electron chi connectivity index (χ0n) is 14.7. The first kappa shape index (κ1) is 20.2. The molecule has 144 valence electrons. The van der Waals surface area contributed by atoms with E-state index in [1.54, 1.807) is 25.3 Å². The van der Waals surface area contributed by atoms with Gasteiger partial charge in [-0.2, -0.15) is 0 Å². The number of rotatable bonds is 8. The Morgan fingerprint density at radius 3 is 2.59 bits per heavy atom. The highest BCUT2D eigenvalue weighted by Crippen LogP contribution is 2.22. The summed E-state index contributed by atoms with van der Waals surface area (Å²) in [5, 5.41) is 6.84. The van der Waals surface area contributed by atoms with Crippen LogP contribution in [0.2, 0.25) is 0 Å². The predicted octanol–water partition coefficient (Wildman–Crippen LogP) is 1.38. The zero-order valence-corrected chi connectivity index (χ0v) is 15.5. The molecule has 9 nitrogen and oxygen atoms in total. The maximum atomic E-state index is 12.3. The third-order valence-electron chi connectivity index (χ3n) is 3.48. The van der Waals surface area contributed by atoms with Gasteiger partial charge in [-0.1, -0.05) is 13.8 Å². The van der Waals surface area contributed by atoms with Gasteiger partial charge in [-0.05, 0) is 29.5 Å². The van der Waals surface area contributed by atoms with Crippen molar-refractivity contribution < 1.29 is 28.3 Å². The predicted molar refractivity (Wildman–Crippen MR) is 97.2 cm³/mol. The molecule has 0 aliphatic rings. The molecule has 2 rings (SSSR count). The second kappa shape index (κ2) is 8.99. The second-order valence-corrected chi connectivity index (χ2v) is 6.77. The maximum absolute atomic E-state index is 12.3. The lowest BCUT2D eigenvalue weighted by atomic mass is 10.0. The van der Waals surface area contributed by atoms with Crippen molar-refractivity contribution in [2.45, 2.75) is 19.9 Å². The van der Waals surface area contributed by atoms with E-state index in [0.717, 1.165) is 11.3 Å². The van der Waals surface area contributed by atoms with Crippen LogP contribution in [0.1, 0.15) is 34.8 Å². The van der Waals surface area contributed by atoms with Crippen molar-refractivity contribution in [2.75, 3.05) is 11.9 Å². The van der Waals surface area contributed by atoms with Crippen LogP contribution in [0, 0.1) is 5.92 Å². The molecule has 0 spiro atoms. The van der Waals surface area contributed by atoms with E-state index < -0.39 is 36.3 Å². The van der Waals surface area contributed by atoms with Gasteiger partial charge in [0.1, 0.15) is 11.0 Å². The van der Waals surface area contributed by atoms with Gasteiger partial charge < -0.3 is 25.5 Å². The van der Waals surface area contributed by atoms with Crippen LogP contribution < -0.4 is 16.4 Å². The molecule has 2 heterocycles. The fourth-order valence-electron chi connectivity index (χ4n) is 2.11. The maximum Gasteiger partial charge on any atom is 0.329 e. The summed E-state index contributed by atoms with van der Waals surface area (Å²) in [5.41, 5.74) is 5.37. The summed E-state index contributed by atoms with van der Waals surface area (Å²) in [7, 11) is 0. The molecule has 0 bridgehead atoms. The number of nitrogens with one attached hydrogen (secondary N) is 2. The lowest BCUT2D eigenvalue weighted by molar-refractivity contribution is -0.150. The van der Waals surface area contributed by atoms with Crippen LogP contribution in [0.5, 0.6) is 0 Å². The highest BCUT2D eigenvalue weighted by Gasteiger charge is 2.27. The van der Waals surface area contributed by atoms with E-state index >= 15 is 0 Å². The van der Waals surface area contributed by atoms with Crippen LogP contribution >= 0.6 is 11.3 Å². The normalized spacial score (nSPS) is 11.7. The minimum atomic E-state index is -0.960. The summed E-state index contributed by atoms with van der Waals surface area (Å²) in [5.74, 6) is -2.86. The number of hydrogen-bond acceptors (Lipinski definition) is 7. The molecule has 0 saturated heterocycles. The molecule has 2 aromatic heterocycles. The summed E-state index contributed by atoms with van der Waals surface area (Å²) in [6.07, 6.45) is 1.34. The Morgan fingerprint density at radius 2 is 2.00 bits per heavy atom. The molecule has 4 N–H and O–H groups in total. The summed E-state index contributed by atoms with van der Waals surface area (Å²) in [6.45, 7) is 2.87. The van der Waals surface area contributed by atoms with E-state index in [0.29, 0.717) is 0 Å². The Balaban J connectivity index is 1.91. The van der Waals surface area contributed by atoms with Crippen LogP contribution in [0.15, 0.2) is 34.3 Å². The highest BCUT2D eigenvalue weighted by molar-refractivity contribution is 7.14. The van der Waals surface area contributed by atoms with Crippen molar-refractivity contribution in [3.63, 3.8) is 0 Å². The molecule has 10 heteroatoms. The smallest absolute Gasteiger partial charge is 0.329 e. The quantitative estimate of drug-likeness (QED) is 0.579. The number of carbonyl (C=O) groups is 4. The number of amides is 3. The van der Waals surface area contributed by atoms with Gasteiger partial charge >= 0.3 is 5.97 Å². The van der Waals surface area contributed by atoms with Crippen LogP contribution in [-0.4, -0.2) is 36.3 Å². The van der Waals surface area contributed by atoms with Gasteiger partial charge in [-0.25, -0.2) is 4.79 Å². The molecule has 3 amide bonds. The number of hydrogen-bond donors (Lipinski definition) is 3. The first-order valence-electron chi connectivity index (χ1n) is 7.97. The number of carbonyl (C=O) groups excluding carboxylic acids is 4. The minimum Gasteiger partial charge on any atom is -0.459 e. The molecule has 0 fully saturated rings. The molecule has 0 radical (unpaired) electrons. The third kappa shape index (κ3) is 5.42.